The summed E-state index contributed by atoms with van der Waals surface area (Å²) in [6.45, 7) is 0. The molecular formula is C10H11N3O3. The SMILES string of the molecule is O=C(O)C1C=CC(Nc2cc(=O)[nH]cn2)C1. The molecule has 1 aliphatic carbocycles. The maximum absolute atomic E-state index is 11.0. The van der Waals surface area contributed by atoms with Gasteiger partial charge in [0.15, 0.2) is 0 Å². The number of carbonyl (C=O) groups is 1. The zero-order chi connectivity index (χ0) is 11.5. The van der Waals surface area contributed by atoms with E-state index in [1.165, 1.54) is 12.4 Å². The molecule has 1 heterocycles. The Labute approximate surface area is 91.0 Å². The van der Waals surface area contributed by atoms with Gasteiger partial charge in [-0.05, 0) is 6.42 Å². The molecule has 3 N–H and O–H groups in total. The van der Waals surface area contributed by atoms with Crippen LogP contribution in [0.4, 0.5) is 5.82 Å². The third-order valence-electron chi connectivity index (χ3n) is 2.41. The Morgan fingerprint density at radius 3 is 3.00 bits per heavy atom. The largest absolute Gasteiger partial charge is 0.481 e. The summed E-state index contributed by atoms with van der Waals surface area (Å²) in [5.41, 5.74) is -0.241. The molecule has 1 aliphatic rings. The first-order valence-corrected chi connectivity index (χ1v) is 4.87. The number of aliphatic carboxylic acids is 1. The molecule has 0 radical (unpaired) electrons. The van der Waals surface area contributed by atoms with E-state index in [1.54, 1.807) is 12.2 Å². The normalized spacial score (nSPS) is 23.2. The molecule has 0 bridgehead atoms. The maximum atomic E-state index is 11.0. The van der Waals surface area contributed by atoms with Gasteiger partial charge in [-0.3, -0.25) is 9.59 Å². The van der Waals surface area contributed by atoms with E-state index in [0.717, 1.165) is 0 Å². The van der Waals surface area contributed by atoms with Crippen molar-refractivity contribution in [3.8, 4) is 0 Å². The first-order valence-electron chi connectivity index (χ1n) is 4.87. The van der Waals surface area contributed by atoms with Gasteiger partial charge >= 0.3 is 5.97 Å². The van der Waals surface area contributed by atoms with Gasteiger partial charge in [0.05, 0.1) is 12.2 Å². The second-order valence-corrected chi connectivity index (χ2v) is 3.61. The van der Waals surface area contributed by atoms with Crippen LogP contribution in [0.25, 0.3) is 0 Å². The minimum Gasteiger partial charge on any atom is -0.481 e. The smallest absolute Gasteiger partial charge is 0.310 e. The Bertz CT molecular complexity index is 480. The zero-order valence-electron chi connectivity index (χ0n) is 8.38. The maximum Gasteiger partial charge on any atom is 0.310 e. The summed E-state index contributed by atoms with van der Waals surface area (Å²) >= 11 is 0. The lowest BCUT2D eigenvalue weighted by atomic mass is 10.1. The molecule has 2 unspecified atom stereocenters. The number of nitrogens with one attached hydrogen (secondary N) is 2. The molecule has 0 saturated heterocycles. The van der Waals surface area contributed by atoms with Crippen LogP contribution < -0.4 is 10.9 Å². The number of nitrogens with zero attached hydrogens (tertiary/aromatic N) is 1. The van der Waals surface area contributed by atoms with Crippen molar-refractivity contribution in [1.82, 2.24) is 9.97 Å². The van der Waals surface area contributed by atoms with Gasteiger partial charge in [-0.2, -0.15) is 0 Å². The number of aromatic amines is 1. The number of anilines is 1. The Morgan fingerprint density at radius 2 is 2.38 bits per heavy atom. The summed E-state index contributed by atoms with van der Waals surface area (Å²) in [6, 6.07) is 1.25. The predicted molar refractivity (Wildman–Crippen MR) is 57.2 cm³/mol. The van der Waals surface area contributed by atoms with Gasteiger partial charge in [0, 0.05) is 12.1 Å². The lowest BCUT2D eigenvalue weighted by Gasteiger charge is -2.11. The Kier molecular flexibility index (Phi) is 2.72. The van der Waals surface area contributed by atoms with Gasteiger partial charge in [-0.1, -0.05) is 12.2 Å². The van der Waals surface area contributed by atoms with Gasteiger partial charge in [-0.25, -0.2) is 4.98 Å². The Hall–Kier alpha value is -2.11. The minimum atomic E-state index is -0.834. The summed E-state index contributed by atoms with van der Waals surface area (Å²) in [4.78, 5) is 28.0. The van der Waals surface area contributed by atoms with Crippen molar-refractivity contribution in [3.63, 3.8) is 0 Å². The van der Waals surface area contributed by atoms with E-state index in [4.69, 9.17) is 5.11 Å². The number of H-pyrrole nitrogens is 1. The summed E-state index contributed by atoms with van der Waals surface area (Å²) in [5.74, 6) is -0.844. The lowest BCUT2D eigenvalue weighted by molar-refractivity contribution is -0.140. The Balaban J connectivity index is 2.00. The minimum absolute atomic E-state index is 0.0876. The predicted octanol–water partition coefficient (Wildman–Crippen LogP) is 0.211. The van der Waals surface area contributed by atoms with E-state index < -0.39 is 11.9 Å². The molecule has 1 aromatic heterocycles. The molecular weight excluding hydrogens is 210 g/mol. The highest BCUT2D eigenvalue weighted by molar-refractivity contribution is 5.73. The van der Waals surface area contributed by atoms with E-state index in [2.05, 4.69) is 15.3 Å². The van der Waals surface area contributed by atoms with Gasteiger partial charge in [0.1, 0.15) is 5.82 Å². The molecule has 0 saturated carbocycles. The molecule has 0 fully saturated rings. The van der Waals surface area contributed by atoms with Gasteiger partial charge in [0.25, 0.3) is 5.56 Å². The molecule has 2 atom stereocenters. The van der Waals surface area contributed by atoms with E-state index in [1.807, 2.05) is 0 Å². The van der Waals surface area contributed by atoms with Gasteiger partial charge < -0.3 is 15.4 Å². The van der Waals surface area contributed by atoms with Crippen LogP contribution in [0.1, 0.15) is 6.42 Å². The van der Waals surface area contributed by atoms with Crippen molar-refractivity contribution in [3.05, 3.63) is 34.9 Å². The summed E-state index contributed by atoms with van der Waals surface area (Å²) in [5, 5.41) is 11.8. The number of aromatic nitrogens is 2. The molecule has 1 aromatic rings. The number of hydrogen-bond donors (Lipinski definition) is 3. The highest BCUT2D eigenvalue weighted by Crippen LogP contribution is 2.20. The van der Waals surface area contributed by atoms with E-state index in [-0.39, 0.29) is 11.6 Å². The van der Waals surface area contributed by atoms with Crippen LogP contribution in [-0.2, 0) is 4.79 Å². The number of carboxylic acid groups (broad SMARTS) is 1. The fraction of sp³-hybridized carbons (Fsp3) is 0.300. The summed E-state index contributed by atoms with van der Waals surface area (Å²) in [7, 11) is 0. The molecule has 2 rings (SSSR count). The highest BCUT2D eigenvalue weighted by Gasteiger charge is 2.24. The number of rotatable bonds is 3. The lowest BCUT2D eigenvalue weighted by Crippen LogP contribution is -2.20. The van der Waals surface area contributed by atoms with E-state index in [9.17, 15) is 9.59 Å². The third-order valence-corrected chi connectivity index (χ3v) is 2.41. The topological polar surface area (TPSA) is 95.1 Å². The molecule has 6 heteroatoms. The van der Waals surface area contributed by atoms with Crippen LogP contribution in [0.5, 0.6) is 0 Å². The number of hydrogen-bond acceptors (Lipinski definition) is 4. The fourth-order valence-electron chi connectivity index (χ4n) is 1.63. The average molecular weight is 221 g/mol. The molecule has 0 spiro atoms. The quantitative estimate of drug-likeness (QED) is 0.634. The monoisotopic (exact) mass is 221 g/mol. The van der Waals surface area contributed by atoms with E-state index >= 15 is 0 Å². The molecule has 84 valence electrons. The average Bonchev–Trinajstić information content (AvgIpc) is 2.66. The summed E-state index contributed by atoms with van der Waals surface area (Å²) < 4.78 is 0. The molecule has 0 aromatic carbocycles. The molecule has 6 nitrogen and oxygen atoms in total. The van der Waals surface area contributed by atoms with Crippen molar-refractivity contribution in [2.45, 2.75) is 12.5 Å². The Morgan fingerprint density at radius 1 is 1.56 bits per heavy atom. The first-order chi connectivity index (χ1) is 7.65. The highest BCUT2D eigenvalue weighted by atomic mass is 16.4. The van der Waals surface area contributed by atoms with Crippen LogP contribution in [-0.4, -0.2) is 27.1 Å². The van der Waals surface area contributed by atoms with Crippen LogP contribution in [0.15, 0.2) is 29.3 Å². The van der Waals surface area contributed by atoms with Crippen LogP contribution in [0.3, 0.4) is 0 Å². The van der Waals surface area contributed by atoms with Crippen molar-refractivity contribution in [2.24, 2.45) is 5.92 Å². The fourth-order valence-corrected chi connectivity index (χ4v) is 1.63. The number of carboxylic acids is 1. The van der Waals surface area contributed by atoms with Crippen molar-refractivity contribution in [1.29, 1.82) is 0 Å². The van der Waals surface area contributed by atoms with Gasteiger partial charge in [-0.15, -0.1) is 0 Å². The third kappa shape index (κ3) is 2.28. The second-order valence-electron chi connectivity index (χ2n) is 3.61. The molecule has 0 aliphatic heterocycles. The van der Waals surface area contributed by atoms with Crippen molar-refractivity contribution in [2.75, 3.05) is 5.32 Å². The van der Waals surface area contributed by atoms with Gasteiger partial charge in [0.2, 0.25) is 0 Å². The van der Waals surface area contributed by atoms with Crippen molar-refractivity contribution < 1.29 is 9.90 Å². The molecule has 16 heavy (non-hydrogen) atoms. The van der Waals surface area contributed by atoms with Crippen LogP contribution in [0.2, 0.25) is 0 Å². The molecule has 0 amide bonds. The van der Waals surface area contributed by atoms with E-state index in [0.29, 0.717) is 12.2 Å². The second kappa shape index (κ2) is 4.18. The first kappa shape index (κ1) is 10.4. The zero-order valence-corrected chi connectivity index (χ0v) is 8.38. The summed E-state index contributed by atoms with van der Waals surface area (Å²) in [6.07, 6.45) is 5.21. The van der Waals surface area contributed by atoms with Crippen LogP contribution >= 0.6 is 0 Å². The van der Waals surface area contributed by atoms with Crippen molar-refractivity contribution >= 4 is 11.8 Å². The standard InChI is InChI=1S/C10H11N3O3/c14-9-4-8(11-5-12-9)13-7-2-1-6(3-7)10(15)16/h1-2,4-7H,3H2,(H,15,16)(H2,11,12,13,14). The van der Waals surface area contributed by atoms with Crippen LogP contribution in [0, 0.1) is 5.92 Å².